The third-order valence-corrected chi connectivity index (χ3v) is 5.62. The summed E-state index contributed by atoms with van der Waals surface area (Å²) < 4.78 is 0. The zero-order chi connectivity index (χ0) is 21.9. The van der Waals surface area contributed by atoms with Crippen molar-refractivity contribution in [3.63, 3.8) is 0 Å². The molecule has 3 heterocycles. The molecule has 5 aromatic rings. The van der Waals surface area contributed by atoms with Gasteiger partial charge in [0, 0.05) is 29.6 Å². The van der Waals surface area contributed by atoms with Gasteiger partial charge in [-0.2, -0.15) is 0 Å². The van der Waals surface area contributed by atoms with Crippen LogP contribution in [-0.4, -0.2) is 15.0 Å². The van der Waals surface area contributed by atoms with Gasteiger partial charge >= 0.3 is 0 Å². The van der Waals surface area contributed by atoms with Crippen molar-refractivity contribution in [3.8, 4) is 22.4 Å². The molecule has 5 heteroatoms. The first kappa shape index (κ1) is 19.7. The zero-order valence-electron chi connectivity index (χ0n) is 17.3. The van der Waals surface area contributed by atoms with Crippen LogP contribution in [0.2, 0.25) is 0 Å². The van der Waals surface area contributed by atoms with E-state index in [0.717, 1.165) is 40.8 Å². The lowest BCUT2D eigenvalue weighted by atomic mass is 9.96. The van der Waals surface area contributed by atoms with Crippen LogP contribution < -0.4 is 11.1 Å². The first-order chi connectivity index (χ1) is 15.7. The maximum atomic E-state index is 12.3. The van der Waals surface area contributed by atoms with Crippen molar-refractivity contribution in [2.45, 2.75) is 12.8 Å². The number of aryl methyl sites for hydroxylation is 2. The fourth-order valence-electron chi connectivity index (χ4n) is 3.88. The summed E-state index contributed by atoms with van der Waals surface area (Å²) in [6, 6.07) is 25.6. The van der Waals surface area contributed by atoms with E-state index >= 15 is 0 Å². The van der Waals surface area contributed by atoms with Gasteiger partial charge in [-0.15, -0.1) is 0 Å². The Balaban J connectivity index is 1.51. The molecule has 2 N–H and O–H groups in total. The summed E-state index contributed by atoms with van der Waals surface area (Å²) in [5.41, 5.74) is 6.54. The fourth-order valence-corrected chi connectivity index (χ4v) is 3.88. The number of nitrogens with zero attached hydrogens (tertiary/aromatic N) is 1. The molecule has 0 aliphatic carbocycles. The van der Waals surface area contributed by atoms with Crippen LogP contribution in [0.5, 0.6) is 0 Å². The number of rotatable bonds is 5. The predicted octanol–water partition coefficient (Wildman–Crippen LogP) is 4.73. The number of hydrogen-bond acceptors (Lipinski definition) is 3. The summed E-state index contributed by atoms with van der Waals surface area (Å²) >= 11 is 0. The van der Waals surface area contributed by atoms with Gasteiger partial charge < -0.3 is 9.97 Å². The van der Waals surface area contributed by atoms with Gasteiger partial charge in [0.05, 0.1) is 16.6 Å². The predicted molar refractivity (Wildman–Crippen MR) is 128 cm³/mol. The highest BCUT2D eigenvalue weighted by molar-refractivity contribution is 5.91. The van der Waals surface area contributed by atoms with Gasteiger partial charge in [-0.1, -0.05) is 60.7 Å². The lowest BCUT2D eigenvalue weighted by Crippen LogP contribution is -2.06. The molecular formula is C27H21N3O2. The number of aromatic amines is 2. The average molecular weight is 419 g/mol. The highest BCUT2D eigenvalue weighted by Gasteiger charge is 2.13. The van der Waals surface area contributed by atoms with E-state index in [1.807, 2.05) is 48.5 Å². The molecule has 0 unspecified atom stereocenters. The molecule has 32 heavy (non-hydrogen) atoms. The van der Waals surface area contributed by atoms with Gasteiger partial charge in [0.1, 0.15) is 0 Å². The van der Waals surface area contributed by atoms with Crippen LogP contribution in [-0.2, 0) is 12.8 Å². The van der Waals surface area contributed by atoms with E-state index in [2.05, 4.69) is 34.2 Å². The molecular weight excluding hydrogens is 398 g/mol. The summed E-state index contributed by atoms with van der Waals surface area (Å²) in [6.45, 7) is 0. The molecule has 0 aliphatic heterocycles. The molecule has 0 saturated heterocycles. The lowest BCUT2D eigenvalue weighted by molar-refractivity contribution is 0.946. The minimum absolute atomic E-state index is 0.0859. The fraction of sp³-hybridized carbons (Fsp3) is 0.0741. The van der Waals surface area contributed by atoms with E-state index in [4.69, 9.17) is 4.98 Å². The number of hydrogen-bond donors (Lipinski definition) is 2. The van der Waals surface area contributed by atoms with Crippen molar-refractivity contribution >= 4 is 10.9 Å². The topological polar surface area (TPSA) is 78.6 Å². The molecule has 156 valence electrons. The zero-order valence-corrected chi connectivity index (χ0v) is 17.3. The number of aromatic nitrogens is 3. The quantitative estimate of drug-likeness (QED) is 0.432. The van der Waals surface area contributed by atoms with Crippen LogP contribution >= 0.6 is 0 Å². The molecule has 5 nitrogen and oxygen atoms in total. The smallest absolute Gasteiger partial charge is 0.257 e. The number of nitrogens with one attached hydrogen (secondary N) is 2. The van der Waals surface area contributed by atoms with Crippen LogP contribution in [0, 0.1) is 0 Å². The van der Waals surface area contributed by atoms with Gasteiger partial charge in [-0.25, -0.2) is 4.98 Å². The van der Waals surface area contributed by atoms with E-state index in [-0.39, 0.29) is 11.1 Å². The van der Waals surface area contributed by atoms with Gasteiger partial charge in [-0.05, 0) is 41.7 Å². The van der Waals surface area contributed by atoms with Gasteiger partial charge in [0.25, 0.3) is 5.56 Å². The molecule has 0 amide bonds. The monoisotopic (exact) mass is 419 g/mol. The number of benzene rings is 2. The van der Waals surface area contributed by atoms with E-state index in [0.29, 0.717) is 10.9 Å². The van der Waals surface area contributed by atoms with Crippen molar-refractivity contribution in [1.82, 2.24) is 15.0 Å². The van der Waals surface area contributed by atoms with E-state index in [9.17, 15) is 9.59 Å². The van der Waals surface area contributed by atoms with E-state index < -0.39 is 0 Å². The second kappa shape index (κ2) is 8.47. The third kappa shape index (κ3) is 4.01. The Kier molecular flexibility index (Phi) is 5.22. The Morgan fingerprint density at radius 1 is 0.719 bits per heavy atom. The van der Waals surface area contributed by atoms with Crippen molar-refractivity contribution in [2.75, 3.05) is 0 Å². The van der Waals surface area contributed by atoms with Crippen LogP contribution in [0.3, 0.4) is 0 Å². The normalized spacial score (nSPS) is 11.0. The third-order valence-electron chi connectivity index (χ3n) is 5.62. The van der Waals surface area contributed by atoms with E-state index in [1.54, 1.807) is 18.5 Å². The second-order valence-corrected chi connectivity index (χ2v) is 7.75. The molecule has 5 rings (SSSR count). The SMILES string of the molecule is O=c1ccc(CCc2ccc(-c3nc4cc[nH]c(=O)c4cc3-c3ccccc3)cc2)c[nH]1. The van der Waals surface area contributed by atoms with Gasteiger partial charge in [-0.3, -0.25) is 9.59 Å². The Morgan fingerprint density at radius 3 is 2.22 bits per heavy atom. The van der Waals surface area contributed by atoms with Crippen molar-refractivity contribution in [3.05, 3.63) is 123 Å². The van der Waals surface area contributed by atoms with Crippen molar-refractivity contribution < 1.29 is 0 Å². The Morgan fingerprint density at radius 2 is 1.47 bits per heavy atom. The molecule has 0 atom stereocenters. The van der Waals surface area contributed by atoms with Crippen molar-refractivity contribution in [2.24, 2.45) is 0 Å². The highest BCUT2D eigenvalue weighted by Crippen LogP contribution is 2.32. The van der Waals surface area contributed by atoms with Crippen LogP contribution in [0.1, 0.15) is 11.1 Å². The summed E-state index contributed by atoms with van der Waals surface area (Å²) in [4.78, 5) is 33.9. The molecule has 0 fully saturated rings. The van der Waals surface area contributed by atoms with Crippen LogP contribution in [0.4, 0.5) is 0 Å². The molecule has 0 saturated carbocycles. The molecule has 3 aromatic heterocycles. The molecule has 2 aromatic carbocycles. The number of fused-ring (bicyclic) bond motifs is 1. The van der Waals surface area contributed by atoms with Gasteiger partial charge in [0.15, 0.2) is 0 Å². The summed E-state index contributed by atoms with van der Waals surface area (Å²) in [5.74, 6) is 0. The Bertz CT molecular complexity index is 1480. The summed E-state index contributed by atoms with van der Waals surface area (Å²) in [5, 5.41) is 0.577. The number of pyridine rings is 3. The lowest BCUT2D eigenvalue weighted by Gasteiger charge is -2.12. The maximum Gasteiger partial charge on any atom is 0.257 e. The van der Waals surface area contributed by atoms with Crippen LogP contribution in [0.25, 0.3) is 33.3 Å². The molecule has 0 aliphatic rings. The second-order valence-electron chi connectivity index (χ2n) is 7.75. The summed E-state index contributed by atoms with van der Waals surface area (Å²) in [7, 11) is 0. The minimum Gasteiger partial charge on any atom is -0.329 e. The maximum absolute atomic E-state index is 12.3. The standard InChI is InChI=1S/C27H21N3O2/c31-25-13-10-19(17-29-25)7-6-18-8-11-21(12-9-18)26-22(20-4-2-1-3-5-20)16-23-24(30-26)14-15-28-27(23)32/h1-5,8-17H,6-7H2,(H,28,32)(H,29,31). The highest BCUT2D eigenvalue weighted by atomic mass is 16.1. The Hall–Kier alpha value is -4.25. The minimum atomic E-state index is -0.142. The first-order valence-electron chi connectivity index (χ1n) is 10.5. The van der Waals surface area contributed by atoms with E-state index in [1.165, 1.54) is 5.56 Å². The molecule has 0 spiro atoms. The molecule has 0 radical (unpaired) electrons. The largest absolute Gasteiger partial charge is 0.329 e. The average Bonchev–Trinajstić information content (AvgIpc) is 2.84. The van der Waals surface area contributed by atoms with Crippen molar-refractivity contribution in [1.29, 1.82) is 0 Å². The Labute approximate surface area is 184 Å². The molecule has 0 bridgehead atoms. The van der Waals surface area contributed by atoms with Crippen LogP contribution in [0.15, 0.2) is 101 Å². The summed E-state index contributed by atoms with van der Waals surface area (Å²) in [6.07, 6.45) is 5.12. The number of H-pyrrole nitrogens is 2. The first-order valence-corrected chi connectivity index (χ1v) is 10.5. The van der Waals surface area contributed by atoms with Gasteiger partial charge in [0.2, 0.25) is 5.56 Å².